The minimum Gasteiger partial charge on any atom is -0.338 e. The Kier molecular flexibility index (Phi) is 4.33. The summed E-state index contributed by atoms with van der Waals surface area (Å²) < 4.78 is 1.39. The Labute approximate surface area is 136 Å². The van der Waals surface area contributed by atoms with Crippen LogP contribution in [-0.4, -0.2) is 73.0 Å². The maximum absolute atomic E-state index is 12.5. The van der Waals surface area contributed by atoms with E-state index < -0.39 is 0 Å². The summed E-state index contributed by atoms with van der Waals surface area (Å²) in [6, 6.07) is 0. The number of carbonyl (C=O) groups excluding carboxylic acids is 2. The summed E-state index contributed by atoms with van der Waals surface area (Å²) >= 11 is 1.42. The third-order valence-electron chi connectivity index (χ3n) is 3.71. The number of hydrogen-bond acceptors (Lipinski definition) is 7. The Balaban J connectivity index is 1.57. The molecule has 2 aromatic heterocycles. The van der Waals surface area contributed by atoms with Gasteiger partial charge in [0.1, 0.15) is 17.7 Å². The topological polar surface area (TPSA) is 97.1 Å². The lowest BCUT2D eigenvalue weighted by Gasteiger charge is -2.34. The maximum atomic E-state index is 12.5. The number of amides is 2. The molecule has 1 saturated heterocycles. The van der Waals surface area contributed by atoms with Gasteiger partial charge in [-0.25, -0.2) is 9.67 Å². The molecular formula is C13H17N7O2S. The molecule has 9 nitrogen and oxygen atoms in total. The first kappa shape index (κ1) is 15.5. The molecule has 3 heterocycles. The number of hydrogen-bond donors (Lipinski definition) is 0. The van der Waals surface area contributed by atoms with E-state index >= 15 is 0 Å². The number of tetrazole rings is 1. The summed E-state index contributed by atoms with van der Waals surface area (Å²) in [5, 5.41) is 11.6. The van der Waals surface area contributed by atoms with Crippen LogP contribution in [-0.2, 0) is 11.3 Å². The van der Waals surface area contributed by atoms with Crippen LogP contribution in [0.4, 0.5) is 0 Å². The average molecular weight is 335 g/mol. The van der Waals surface area contributed by atoms with Crippen LogP contribution in [0.5, 0.6) is 0 Å². The second kappa shape index (κ2) is 6.41. The van der Waals surface area contributed by atoms with E-state index in [1.165, 1.54) is 22.3 Å². The normalized spacial score (nSPS) is 15.0. The molecule has 0 spiro atoms. The molecule has 2 amide bonds. The van der Waals surface area contributed by atoms with Crippen molar-refractivity contribution < 1.29 is 9.59 Å². The van der Waals surface area contributed by atoms with Crippen molar-refractivity contribution in [2.45, 2.75) is 20.4 Å². The lowest BCUT2D eigenvalue weighted by Crippen LogP contribution is -2.51. The van der Waals surface area contributed by atoms with Crippen LogP contribution in [0.25, 0.3) is 0 Å². The third kappa shape index (κ3) is 3.36. The molecule has 2 aromatic rings. The standard InChI is InChI=1S/C13H17N7O2S/c1-9-12(23-10(2)15-9)13(22)19-5-3-18(4-6-19)11(21)7-20-8-14-16-17-20/h8H,3-7H2,1-2H3. The Morgan fingerprint density at radius 1 is 1.17 bits per heavy atom. The zero-order valence-corrected chi connectivity index (χ0v) is 13.8. The van der Waals surface area contributed by atoms with E-state index in [0.717, 1.165) is 10.7 Å². The molecule has 1 aliphatic heterocycles. The molecule has 0 N–H and O–H groups in total. The molecule has 0 unspecified atom stereocenters. The third-order valence-corrected chi connectivity index (χ3v) is 4.77. The zero-order valence-electron chi connectivity index (χ0n) is 13.0. The second-order valence-electron chi connectivity index (χ2n) is 5.33. The van der Waals surface area contributed by atoms with Crippen LogP contribution in [0.2, 0.25) is 0 Å². The fourth-order valence-electron chi connectivity index (χ4n) is 2.52. The average Bonchev–Trinajstić information content (AvgIpc) is 3.16. The van der Waals surface area contributed by atoms with Crippen molar-refractivity contribution >= 4 is 23.2 Å². The first-order valence-corrected chi connectivity index (χ1v) is 8.08. The van der Waals surface area contributed by atoms with Gasteiger partial charge in [0.25, 0.3) is 5.91 Å². The van der Waals surface area contributed by atoms with Crippen LogP contribution in [0.15, 0.2) is 6.33 Å². The SMILES string of the molecule is Cc1nc(C)c(C(=O)N2CCN(C(=O)Cn3cnnn3)CC2)s1. The summed E-state index contributed by atoms with van der Waals surface area (Å²) in [6.45, 7) is 5.95. The highest BCUT2D eigenvalue weighted by Gasteiger charge is 2.27. The van der Waals surface area contributed by atoms with E-state index in [1.54, 1.807) is 9.80 Å². The number of nitrogens with zero attached hydrogens (tertiary/aromatic N) is 7. The van der Waals surface area contributed by atoms with Crippen molar-refractivity contribution in [2.24, 2.45) is 0 Å². The van der Waals surface area contributed by atoms with Crippen LogP contribution in [0.1, 0.15) is 20.4 Å². The van der Waals surface area contributed by atoms with Crippen molar-refractivity contribution in [3.05, 3.63) is 21.9 Å². The Morgan fingerprint density at radius 2 is 1.87 bits per heavy atom. The molecule has 1 aliphatic rings. The van der Waals surface area contributed by atoms with Crippen molar-refractivity contribution in [1.82, 2.24) is 35.0 Å². The highest BCUT2D eigenvalue weighted by atomic mass is 32.1. The van der Waals surface area contributed by atoms with Gasteiger partial charge in [-0.2, -0.15) is 0 Å². The first-order chi connectivity index (χ1) is 11.0. The summed E-state index contributed by atoms with van der Waals surface area (Å²) in [5.41, 5.74) is 0.773. The number of rotatable bonds is 3. The predicted molar refractivity (Wildman–Crippen MR) is 81.9 cm³/mol. The van der Waals surface area contributed by atoms with Gasteiger partial charge in [0.15, 0.2) is 0 Å². The molecule has 0 aromatic carbocycles. The summed E-state index contributed by atoms with van der Waals surface area (Å²) in [6.07, 6.45) is 1.41. The largest absolute Gasteiger partial charge is 0.338 e. The molecule has 0 radical (unpaired) electrons. The molecule has 3 rings (SSSR count). The summed E-state index contributed by atoms with van der Waals surface area (Å²) in [5.74, 6) is -0.0464. The van der Waals surface area contributed by atoms with Crippen LogP contribution < -0.4 is 0 Å². The van der Waals surface area contributed by atoms with Gasteiger partial charge in [-0.1, -0.05) is 0 Å². The van der Waals surface area contributed by atoms with E-state index in [0.29, 0.717) is 31.1 Å². The van der Waals surface area contributed by atoms with Gasteiger partial charge < -0.3 is 9.80 Å². The van der Waals surface area contributed by atoms with E-state index in [1.807, 2.05) is 13.8 Å². The lowest BCUT2D eigenvalue weighted by atomic mass is 10.2. The molecule has 1 fully saturated rings. The van der Waals surface area contributed by atoms with Crippen molar-refractivity contribution in [1.29, 1.82) is 0 Å². The van der Waals surface area contributed by atoms with E-state index in [2.05, 4.69) is 20.5 Å². The van der Waals surface area contributed by atoms with Gasteiger partial charge in [-0.3, -0.25) is 9.59 Å². The van der Waals surface area contributed by atoms with E-state index in [9.17, 15) is 9.59 Å². The number of aryl methyl sites for hydroxylation is 2. The van der Waals surface area contributed by atoms with Gasteiger partial charge in [0.05, 0.1) is 10.7 Å². The molecule has 23 heavy (non-hydrogen) atoms. The number of carbonyl (C=O) groups is 2. The monoisotopic (exact) mass is 335 g/mol. The minimum atomic E-state index is -0.0470. The molecule has 0 saturated carbocycles. The molecule has 0 aliphatic carbocycles. The summed E-state index contributed by atoms with van der Waals surface area (Å²) in [7, 11) is 0. The van der Waals surface area contributed by atoms with Gasteiger partial charge in [-0.05, 0) is 24.3 Å². The Bertz CT molecular complexity index is 704. The molecule has 10 heteroatoms. The minimum absolute atomic E-state index is 0.000625. The summed E-state index contributed by atoms with van der Waals surface area (Å²) in [4.78, 5) is 33.2. The molecule has 122 valence electrons. The predicted octanol–water partition coefficient (Wildman–Crippen LogP) is -0.269. The second-order valence-corrected chi connectivity index (χ2v) is 6.53. The fraction of sp³-hybridized carbons (Fsp3) is 0.538. The molecule has 0 atom stereocenters. The molecular weight excluding hydrogens is 318 g/mol. The Hall–Kier alpha value is -2.36. The number of aromatic nitrogens is 5. The van der Waals surface area contributed by atoms with Crippen molar-refractivity contribution in [2.75, 3.05) is 26.2 Å². The van der Waals surface area contributed by atoms with Crippen LogP contribution in [0, 0.1) is 13.8 Å². The van der Waals surface area contributed by atoms with E-state index in [4.69, 9.17) is 0 Å². The highest BCUT2D eigenvalue weighted by Crippen LogP contribution is 2.20. The van der Waals surface area contributed by atoms with Crippen molar-refractivity contribution in [3.8, 4) is 0 Å². The lowest BCUT2D eigenvalue weighted by molar-refractivity contribution is -0.133. The van der Waals surface area contributed by atoms with Gasteiger partial charge in [0.2, 0.25) is 5.91 Å². The quantitative estimate of drug-likeness (QED) is 0.766. The molecule has 0 bridgehead atoms. The zero-order chi connectivity index (χ0) is 16.4. The Morgan fingerprint density at radius 3 is 2.43 bits per heavy atom. The fourth-order valence-corrected chi connectivity index (χ4v) is 3.41. The van der Waals surface area contributed by atoms with E-state index in [-0.39, 0.29) is 18.4 Å². The van der Waals surface area contributed by atoms with Gasteiger partial charge in [-0.15, -0.1) is 16.4 Å². The van der Waals surface area contributed by atoms with Gasteiger partial charge in [0, 0.05) is 26.2 Å². The first-order valence-electron chi connectivity index (χ1n) is 7.26. The van der Waals surface area contributed by atoms with Crippen LogP contribution in [0.3, 0.4) is 0 Å². The van der Waals surface area contributed by atoms with Crippen molar-refractivity contribution in [3.63, 3.8) is 0 Å². The smallest absolute Gasteiger partial charge is 0.265 e. The van der Waals surface area contributed by atoms with Crippen LogP contribution >= 0.6 is 11.3 Å². The highest BCUT2D eigenvalue weighted by molar-refractivity contribution is 7.13. The maximum Gasteiger partial charge on any atom is 0.265 e. The number of thiazole rings is 1. The number of piperazine rings is 1. The van der Waals surface area contributed by atoms with Gasteiger partial charge >= 0.3 is 0 Å².